The fraction of sp³-hybridized carbons (Fsp3) is 0.867. The predicted octanol–water partition coefficient (Wildman–Crippen LogP) is 2.51. The van der Waals surface area contributed by atoms with E-state index in [1.54, 1.807) is 0 Å². The molecule has 4 unspecified atom stereocenters. The van der Waals surface area contributed by atoms with Crippen LogP contribution in [-0.2, 0) is 4.79 Å². The molecule has 0 spiro atoms. The van der Waals surface area contributed by atoms with Crippen molar-refractivity contribution in [2.75, 3.05) is 0 Å². The number of urea groups is 1. The van der Waals surface area contributed by atoms with E-state index in [9.17, 15) is 14.7 Å². The first-order valence-corrected chi connectivity index (χ1v) is 7.87. The van der Waals surface area contributed by atoms with Gasteiger partial charge in [-0.2, -0.15) is 0 Å². The number of hydrogen-bond acceptors (Lipinski definition) is 2. The van der Waals surface area contributed by atoms with E-state index in [0.717, 1.165) is 44.9 Å². The summed E-state index contributed by atoms with van der Waals surface area (Å²) in [5.74, 6) is -0.708. The van der Waals surface area contributed by atoms with Crippen molar-refractivity contribution in [3.05, 3.63) is 0 Å². The van der Waals surface area contributed by atoms with E-state index in [1.165, 1.54) is 0 Å². The molecule has 0 radical (unpaired) electrons. The third kappa shape index (κ3) is 3.87. The van der Waals surface area contributed by atoms with E-state index >= 15 is 0 Å². The smallest absolute Gasteiger partial charge is 0.315 e. The summed E-state index contributed by atoms with van der Waals surface area (Å²) in [5, 5.41) is 15.2. The maximum absolute atomic E-state index is 12.1. The zero-order valence-electron chi connectivity index (χ0n) is 12.2. The van der Waals surface area contributed by atoms with Gasteiger partial charge in [0.1, 0.15) is 0 Å². The zero-order valence-corrected chi connectivity index (χ0v) is 12.2. The van der Waals surface area contributed by atoms with Gasteiger partial charge in [0.05, 0.1) is 5.92 Å². The van der Waals surface area contributed by atoms with Crippen LogP contribution in [0.3, 0.4) is 0 Å². The molecule has 2 fully saturated rings. The van der Waals surface area contributed by atoms with Crippen LogP contribution < -0.4 is 10.6 Å². The molecule has 0 aromatic carbocycles. The third-order valence-corrected chi connectivity index (χ3v) is 4.83. The van der Waals surface area contributed by atoms with Gasteiger partial charge in [0.25, 0.3) is 0 Å². The number of rotatable bonds is 3. The lowest BCUT2D eigenvalue weighted by Crippen LogP contribution is -2.50. The van der Waals surface area contributed by atoms with Gasteiger partial charge in [0, 0.05) is 12.1 Å². The van der Waals surface area contributed by atoms with Crippen molar-refractivity contribution in [2.24, 2.45) is 11.8 Å². The Bertz CT molecular complexity index is 359. The first-order valence-electron chi connectivity index (χ1n) is 7.87. The van der Waals surface area contributed by atoms with Crippen molar-refractivity contribution in [2.45, 2.75) is 70.4 Å². The van der Waals surface area contributed by atoms with Crippen molar-refractivity contribution in [1.82, 2.24) is 10.6 Å². The van der Waals surface area contributed by atoms with Crippen LogP contribution in [0.1, 0.15) is 58.3 Å². The van der Waals surface area contributed by atoms with E-state index < -0.39 is 11.9 Å². The fourth-order valence-electron chi connectivity index (χ4n) is 3.51. The molecule has 4 atom stereocenters. The number of carbonyl (C=O) groups excluding carboxylic acids is 1. The first-order chi connectivity index (χ1) is 9.58. The maximum atomic E-state index is 12.1. The van der Waals surface area contributed by atoms with Gasteiger partial charge in [-0.15, -0.1) is 0 Å². The number of nitrogens with one attached hydrogen (secondary N) is 2. The van der Waals surface area contributed by atoms with Gasteiger partial charge in [-0.1, -0.05) is 32.6 Å². The van der Waals surface area contributed by atoms with Gasteiger partial charge < -0.3 is 15.7 Å². The van der Waals surface area contributed by atoms with E-state index in [-0.39, 0.29) is 18.1 Å². The Balaban J connectivity index is 1.88. The van der Waals surface area contributed by atoms with Gasteiger partial charge in [-0.05, 0) is 31.6 Å². The summed E-state index contributed by atoms with van der Waals surface area (Å²) in [6.07, 6.45) is 7.78. The number of carboxylic acids is 1. The largest absolute Gasteiger partial charge is 0.481 e. The van der Waals surface area contributed by atoms with E-state index in [0.29, 0.717) is 12.3 Å². The number of amides is 2. The van der Waals surface area contributed by atoms with Crippen molar-refractivity contribution >= 4 is 12.0 Å². The molecule has 2 saturated carbocycles. The Hall–Kier alpha value is -1.26. The average molecular weight is 282 g/mol. The molecule has 2 aliphatic carbocycles. The number of aliphatic carboxylic acids is 1. The SMILES string of the molecule is CC1CCCC1NC(=O)NC1CCCCCC1C(=O)O. The van der Waals surface area contributed by atoms with Gasteiger partial charge in [-0.3, -0.25) is 4.79 Å². The molecule has 0 saturated heterocycles. The average Bonchev–Trinajstić information content (AvgIpc) is 2.65. The standard InChI is InChI=1S/C15H26N2O3/c1-10-6-5-9-12(10)16-15(20)17-13-8-4-2-3-7-11(13)14(18)19/h10-13H,2-9H2,1H3,(H,18,19)(H2,16,17,20). The summed E-state index contributed by atoms with van der Waals surface area (Å²) in [5.41, 5.74) is 0. The number of carbonyl (C=O) groups is 2. The second kappa shape index (κ2) is 6.95. The van der Waals surface area contributed by atoms with Crippen LogP contribution in [0.4, 0.5) is 4.79 Å². The lowest BCUT2D eigenvalue weighted by molar-refractivity contribution is -0.142. The molecular weight excluding hydrogens is 256 g/mol. The molecule has 2 rings (SSSR count). The van der Waals surface area contributed by atoms with E-state index in [2.05, 4.69) is 17.6 Å². The highest BCUT2D eigenvalue weighted by Crippen LogP contribution is 2.26. The highest BCUT2D eigenvalue weighted by Gasteiger charge is 2.32. The summed E-state index contributed by atoms with van der Waals surface area (Å²) in [6, 6.07) is -0.183. The molecule has 2 amide bonds. The van der Waals surface area contributed by atoms with Crippen molar-refractivity contribution < 1.29 is 14.7 Å². The lowest BCUT2D eigenvalue weighted by atomic mass is 9.95. The maximum Gasteiger partial charge on any atom is 0.315 e. The summed E-state index contributed by atoms with van der Waals surface area (Å²) in [7, 11) is 0. The molecule has 2 aliphatic rings. The van der Waals surface area contributed by atoms with Crippen molar-refractivity contribution in [1.29, 1.82) is 0 Å². The van der Waals surface area contributed by atoms with Crippen LogP contribution in [0.25, 0.3) is 0 Å². The number of carboxylic acid groups (broad SMARTS) is 1. The van der Waals surface area contributed by atoms with Crippen molar-refractivity contribution in [3.8, 4) is 0 Å². The normalized spacial score (nSPS) is 34.2. The highest BCUT2D eigenvalue weighted by atomic mass is 16.4. The van der Waals surface area contributed by atoms with Gasteiger partial charge >= 0.3 is 12.0 Å². The number of hydrogen-bond donors (Lipinski definition) is 3. The van der Waals surface area contributed by atoms with E-state index in [1.807, 2.05) is 0 Å². The minimum Gasteiger partial charge on any atom is -0.481 e. The Kier molecular flexibility index (Phi) is 5.26. The monoisotopic (exact) mass is 282 g/mol. The summed E-state index contributed by atoms with van der Waals surface area (Å²) >= 11 is 0. The third-order valence-electron chi connectivity index (χ3n) is 4.83. The molecule has 0 aromatic rings. The topological polar surface area (TPSA) is 78.4 Å². The van der Waals surface area contributed by atoms with Gasteiger partial charge in [0.2, 0.25) is 0 Å². The quantitative estimate of drug-likeness (QED) is 0.696. The zero-order chi connectivity index (χ0) is 14.5. The minimum atomic E-state index is -0.786. The Labute approximate surface area is 120 Å². The second-order valence-corrected chi connectivity index (χ2v) is 6.32. The summed E-state index contributed by atoms with van der Waals surface area (Å²) < 4.78 is 0. The molecule has 0 aliphatic heterocycles. The van der Waals surface area contributed by atoms with Gasteiger partial charge in [0.15, 0.2) is 0 Å². The summed E-state index contributed by atoms with van der Waals surface area (Å²) in [6.45, 7) is 2.16. The van der Waals surface area contributed by atoms with Crippen LogP contribution in [-0.4, -0.2) is 29.2 Å². The molecule has 0 aromatic heterocycles. The predicted molar refractivity (Wildman–Crippen MR) is 76.5 cm³/mol. The van der Waals surface area contributed by atoms with Crippen LogP contribution in [0.2, 0.25) is 0 Å². The Morgan fingerprint density at radius 2 is 1.55 bits per heavy atom. The second-order valence-electron chi connectivity index (χ2n) is 6.32. The molecule has 0 bridgehead atoms. The van der Waals surface area contributed by atoms with E-state index in [4.69, 9.17) is 0 Å². The fourth-order valence-corrected chi connectivity index (χ4v) is 3.51. The molecular formula is C15H26N2O3. The van der Waals surface area contributed by atoms with Crippen LogP contribution >= 0.6 is 0 Å². The van der Waals surface area contributed by atoms with Crippen LogP contribution in [0, 0.1) is 11.8 Å². The molecule has 20 heavy (non-hydrogen) atoms. The Morgan fingerprint density at radius 3 is 2.20 bits per heavy atom. The molecule has 114 valence electrons. The lowest BCUT2D eigenvalue weighted by Gasteiger charge is -2.25. The molecule has 5 heteroatoms. The molecule has 0 heterocycles. The van der Waals surface area contributed by atoms with Gasteiger partial charge in [-0.25, -0.2) is 4.79 Å². The molecule has 5 nitrogen and oxygen atoms in total. The first kappa shape index (κ1) is 15.1. The van der Waals surface area contributed by atoms with Crippen molar-refractivity contribution in [3.63, 3.8) is 0 Å². The highest BCUT2D eigenvalue weighted by molar-refractivity contribution is 5.77. The molecule has 3 N–H and O–H groups in total. The summed E-state index contributed by atoms with van der Waals surface area (Å²) in [4.78, 5) is 23.4. The minimum absolute atomic E-state index is 0.193. The van der Waals surface area contributed by atoms with Crippen LogP contribution in [0.5, 0.6) is 0 Å². The van der Waals surface area contributed by atoms with Crippen LogP contribution in [0.15, 0.2) is 0 Å². The Morgan fingerprint density at radius 1 is 0.900 bits per heavy atom.